The quantitative estimate of drug-likeness (QED) is 0.123. The largest absolute Gasteiger partial charge is 0 e. The van der Waals surface area contributed by atoms with Crippen molar-refractivity contribution in [2.75, 3.05) is 0 Å². The molecule has 0 aliphatic carbocycles. The molecule has 0 aliphatic rings. The number of hydrogen-bond donors (Lipinski definition) is 0. The SMILES string of the molecule is CC(C)c1cccc(C(C)C)c1-n1c(-c2[c-]ccc3c2oc2c3ccc3oc4ccccc4c32)nc2ccccc21.[CH3][Ge]([CH3])([CH3])[c]1ccc(-c2[c-]cccc2)nc1.[Ir]. The minimum absolute atomic E-state index is 0. The van der Waals surface area contributed by atoms with Crippen LogP contribution in [0.25, 0.3) is 83.2 Å². The number of aromatic nitrogens is 3. The Kier molecular flexibility index (Phi) is 10.8. The number of fused-ring (bicyclic) bond motifs is 8. The van der Waals surface area contributed by atoms with Crippen LogP contribution in [-0.2, 0) is 20.1 Å². The first-order valence-electron chi connectivity index (χ1n) is 19.8. The molecule has 0 amide bonds. The Hall–Kier alpha value is -5.27. The standard InChI is InChI=1S/C37H29N2O2.C14H16GeN.Ir/c1-21(2)23-12-9-13-24(22(3)4)34(23)39-30-17-7-6-16-29(30)38-37(39)28-15-10-14-25-26-19-20-32-33(36(26)41-35(25)28)27-11-5-8-18-31(27)40-32;1-15(2,3)13-9-10-14(16-11-13)12-7-5-4-6-8-12;/h5-14,16-22H,1-4H3;4-7,9-11H,1-3H3;/q2*-1;. The van der Waals surface area contributed by atoms with E-state index < -0.39 is 13.3 Å². The van der Waals surface area contributed by atoms with Gasteiger partial charge in [-0.15, -0.1) is 18.2 Å². The van der Waals surface area contributed by atoms with Gasteiger partial charge in [0.15, 0.2) is 0 Å². The monoisotopic (exact) mass is 998 g/mol. The topological polar surface area (TPSA) is 57.0 Å². The predicted octanol–water partition coefficient (Wildman–Crippen LogP) is 13.6. The van der Waals surface area contributed by atoms with Crippen molar-refractivity contribution in [2.24, 2.45) is 0 Å². The van der Waals surface area contributed by atoms with Crippen molar-refractivity contribution in [2.45, 2.75) is 56.8 Å². The Balaban J connectivity index is 0.000000233. The number of hydrogen-bond acceptors (Lipinski definition) is 4. The molecule has 5 nitrogen and oxygen atoms in total. The van der Waals surface area contributed by atoms with E-state index in [0.717, 1.165) is 77.6 Å². The fourth-order valence-corrected chi connectivity index (χ4v) is 10.1. The molecule has 0 saturated carbocycles. The molecule has 0 atom stereocenters. The van der Waals surface area contributed by atoms with Gasteiger partial charge in [-0.3, -0.25) is 4.98 Å². The van der Waals surface area contributed by atoms with Crippen molar-refractivity contribution >= 4 is 72.6 Å². The average Bonchev–Trinajstić information content (AvgIpc) is 3.92. The fourth-order valence-electron chi connectivity index (χ4n) is 7.91. The maximum atomic E-state index is 6.82. The molecule has 0 spiro atoms. The molecule has 0 saturated heterocycles. The minimum atomic E-state index is -1.72. The van der Waals surface area contributed by atoms with E-state index in [-0.39, 0.29) is 20.1 Å². The van der Waals surface area contributed by atoms with Crippen LogP contribution in [0, 0.1) is 12.1 Å². The molecule has 58 heavy (non-hydrogen) atoms. The Morgan fingerprint density at radius 2 is 1.34 bits per heavy atom. The van der Waals surface area contributed by atoms with Crippen molar-refractivity contribution in [1.82, 2.24) is 14.5 Å². The summed E-state index contributed by atoms with van der Waals surface area (Å²) in [6.07, 6.45) is 2.04. The number of rotatable bonds is 6. The second-order valence-electron chi connectivity index (χ2n) is 16.4. The van der Waals surface area contributed by atoms with Gasteiger partial charge in [-0.1, -0.05) is 87.2 Å². The molecular weight excluding hydrogens is 951 g/mol. The molecule has 4 aromatic heterocycles. The van der Waals surface area contributed by atoms with Gasteiger partial charge in [0.05, 0.1) is 27.8 Å². The van der Waals surface area contributed by atoms with Crippen LogP contribution < -0.4 is 4.40 Å². The molecule has 0 unspecified atom stereocenters. The number of para-hydroxylation sites is 4. The van der Waals surface area contributed by atoms with E-state index in [1.54, 1.807) is 0 Å². The van der Waals surface area contributed by atoms with Gasteiger partial charge in [-0.2, -0.15) is 0 Å². The number of furan rings is 2. The predicted molar refractivity (Wildman–Crippen MR) is 240 cm³/mol. The molecule has 10 rings (SSSR count). The molecule has 1 radical (unpaired) electrons. The third-order valence-corrected chi connectivity index (χ3v) is 15.2. The zero-order valence-electron chi connectivity index (χ0n) is 33.8. The Labute approximate surface area is 355 Å². The smallest absolute Gasteiger partial charge is 0 e. The molecule has 0 aliphatic heterocycles. The van der Waals surface area contributed by atoms with Crippen molar-refractivity contribution < 1.29 is 28.9 Å². The molecular formula is C51H45GeIrN3O2-2. The first-order chi connectivity index (χ1) is 27.6. The van der Waals surface area contributed by atoms with Gasteiger partial charge in [-0.05, 0) is 53.3 Å². The van der Waals surface area contributed by atoms with Gasteiger partial charge in [0.25, 0.3) is 0 Å². The molecule has 0 bridgehead atoms. The summed E-state index contributed by atoms with van der Waals surface area (Å²) in [7, 11) is 0. The summed E-state index contributed by atoms with van der Waals surface area (Å²) in [5.41, 5.74) is 12.0. The Morgan fingerprint density at radius 3 is 2.05 bits per heavy atom. The zero-order chi connectivity index (χ0) is 39.4. The van der Waals surface area contributed by atoms with E-state index in [1.165, 1.54) is 21.2 Å². The van der Waals surface area contributed by atoms with Crippen LogP contribution in [0.3, 0.4) is 0 Å². The molecule has 4 heterocycles. The number of nitrogens with zero attached hydrogens (tertiary/aromatic N) is 3. The van der Waals surface area contributed by atoms with Gasteiger partial charge in [0, 0.05) is 36.6 Å². The van der Waals surface area contributed by atoms with Crippen LogP contribution in [-0.4, -0.2) is 27.8 Å². The second kappa shape index (κ2) is 15.8. The van der Waals surface area contributed by atoms with Gasteiger partial charge >= 0.3 is 99.8 Å². The summed E-state index contributed by atoms with van der Waals surface area (Å²) >= 11 is -1.72. The molecule has 0 fully saturated rings. The van der Waals surface area contributed by atoms with Crippen LogP contribution in [0.5, 0.6) is 0 Å². The zero-order valence-corrected chi connectivity index (χ0v) is 38.3. The average molecular weight is 997 g/mol. The van der Waals surface area contributed by atoms with Crippen molar-refractivity contribution in [1.29, 1.82) is 0 Å². The number of pyridine rings is 1. The summed E-state index contributed by atoms with van der Waals surface area (Å²) in [6.45, 7) is 9.03. The summed E-state index contributed by atoms with van der Waals surface area (Å²) in [6, 6.07) is 50.4. The third kappa shape index (κ3) is 7.02. The number of imidazole rings is 1. The van der Waals surface area contributed by atoms with Gasteiger partial charge in [0.1, 0.15) is 16.7 Å². The Bertz CT molecular complexity index is 3030. The molecule has 0 N–H and O–H groups in total. The number of benzene rings is 6. The van der Waals surface area contributed by atoms with E-state index in [4.69, 9.17) is 13.8 Å². The van der Waals surface area contributed by atoms with Crippen LogP contribution >= 0.6 is 0 Å². The first-order valence-corrected chi connectivity index (χ1v) is 27.1. The second-order valence-corrected chi connectivity index (χ2v) is 27.1. The summed E-state index contributed by atoms with van der Waals surface area (Å²) in [5.74, 6) is 8.65. The summed E-state index contributed by atoms with van der Waals surface area (Å²) in [5, 5.41) is 4.15. The van der Waals surface area contributed by atoms with Crippen LogP contribution in [0.2, 0.25) is 17.3 Å². The summed E-state index contributed by atoms with van der Waals surface area (Å²) in [4.78, 5) is 9.77. The van der Waals surface area contributed by atoms with Crippen molar-refractivity contribution in [3.8, 4) is 28.3 Å². The van der Waals surface area contributed by atoms with Gasteiger partial charge < -0.3 is 13.4 Å². The summed E-state index contributed by atoms with van der Waals surface area (Å²) < 4.78 is 16.8. The molecule has 7 heteroatoms. The van der Waals surface area contributed by atoms with E-state index in [0.29, 0.717) is 11.8 Å². The van der Waals surface area contributed by atoms with Crippen LogP contribution in [0.15, 0.2) is 142 Å². The first kappa shape index (κ1) is 39.6. The van der Waals surface area contributed by atoms with E-state index in [9.17, 15) is 0 Å². The minimum Gasteiger partial charge on any atom is 0 e. The van der Waals surface area contributed by atoms with Crippen molar-refractivity contribution in [3.05, 3.63) is 157 Å². The van der Waals surface area contributed by atoms with E-state index >= 15 is 0 Å². The maximum Gasteiger partial charge on any atom is 0 e. The molecule has 6 aromatic carbocycles. The van der Waals surface area contributed by atoms with Crippen LogP contribution in [0.4, 0.5) is 0 Å². The van der Waals surface area contributed by atoms with E-state index in [2.05, 4.69) is 133 Å². The third-order valence-electron chi connectivity index (χ3n) is 10.9. The van der Waals surface area contributed by atoms with Crippen molar-refractivity contribution in [3.63, 3.8) is 0 Å². The molecule has 10 aromatic rings. The Morgan fingerprint density at radius 1 is 0.621 bits per heavy atom. The van der Waals surface area contributed by atoms with Gasteiger partial charge in [0.2, 0.25) is 0 Å². The van der Waals surface area contributed by atoms with Crippen LogP contribution in [0.1, 0.15) is 50.7 Å². The normalized spacial score (nSPS) is 11.9. The molecule has 291 valence electrons. The van der Waals surface area contributed by atoms with E-state index in [1.807, 2.05) is 66.9 Å². The van der Waals surface area contributed by atoms with Gasteiger partial charge in [-0.25, -0.2) is 0 Å². The maximum absolute atomic E-state index is 6.82. The fraction of sp³-hybridized carbons (Fsp3) is 0.176.